The molecule has 8 nitrogen and oxygen atoms in total. The summed E-state index contributed by atoms with van der Waals surface area (Å²) in [4.78, 5) is 26.3. The van der Waals surface area contributed by atoms with Gasteiger partial charge >= 0.3 is 11.9 Å². The SMILES string of the molecule is CCCCC[C@H]1CC[C@H](CCCOc2ccc(CO[C@@H](C(=O)OCC)[C@@H](OCc3ccc(OCCC[C@H]4CC[C@H](CCCCC)CC4)cc3)C(=O)OCC)cc2)CC1. The summed E-state index contributed by atoms with van der Waals surface area (Å²) in [5.41, 5.74) is 1.67. The summed E-state index contributed by atoms with van der Waals surface area (Å²) in [6.45, 7) is 9.85. The first-order chi connectivity index (χ1) is 28.4. The first kappa shape index (κ1) is 47.6. The molecule has 8 heteroatoms. The molecule has 326 valence electrons. The Hall–Kier alpha value is -3.10. The van der Waals surface area contributed by atoms with Crippen LogP contribution in [0.15, 0.2) is 48.5 Å². The number of benzene rings is 2. The Morgan fingerprint density at radius 3 is 1.12 bits per heavy atom. The number of hydrogen-bond donors (Lipinski definition) is 0. The molecule has 0 aromatic heterocycles. The third-order valence-corrected chi connectivity index (χ3v) is 12.4. The fourth-order valence-electron chi connectivity index (χ4n) is 8.85. The Morgan fingerprint density at radius 2 is 0.810 bits per heavy atom. The number of hydrogen-bond acceptors (Lipinski definition) is 8. The van der Waals surface area contributed by atoms with Gasteiger partial charge in [0.05, 0.1) is 39.6 Å². The lowest BCUT2D eigenvalue weighted by Crippen LogP contribution is -2.45. The molecular formula is C50H78O8. The van der Waals surface area contributed by atoms with Gasteiger partial charge in [-0.2, -0.15) is 0 Å². The van der Waals surface area contributed by atoms with Crippen molar-refractivity contribution in [3.8, 4) is 11.5 Å². The van der Waals surface area contributed by atoms with E-state index in [1.54, 1.807) is 13.8 Å². The number of unbranched alkanes of at least 4 members (excludes halogenated alkanes) is 4. The Balaban J connectivity index is 1.19. The van der Waals surface area contributed by atoms with E-state index < -0.39 is 24.1 Å². The van der Waals surface area contributed by atoms with Crippen molar-refractivity contribution in [2.24, 2.45) is 23.7 Å². The van der Waals surface area contributed by atoms with Crippen LogP contribution in [0.25, 0.3) is 0 Å². The molecule has 0 heterocycles. The van der Waals surface area contributed by atoms with Gasteiger partial charge in [-0.1, -0.05) is 141 Å². The Kier molecular flexibility index (Phi) is 23.3. The lowest BCUT2D eigenvalue weighted by atomic mass is 9.78. The quantitative estimate of drug-likeness (QED) is 0.0593. The zero-order chi connectivity index (χ0) is 41.2. The lowest BCUT2D eigenvalue weighted by molar-refractivity contribution is -0.185. The maximum Gasteiger partial charge on any atom is 0.338 e. The van der Waals surface area contributed by atoms with Crippen molar-refractivity contribution in [3.05, 3.63) is 59.7 Å². The van der Waals surface area contributed by atoms with Gasteiger partial charge in [0, 0.05) is 0 Å². The second-order valence-corrected chi connectivity index (χ2v) is 17.0. The van der Waals surface area contributed by atoms with Crippen molar-refractivity contribution in [1.82, 2.24) is 0 Å². The molecule has 0 N–H and O–H groups in total. The summed E-state index contributed by atoms with van der Waals surface area (Å²) < 4.78 is 35.0. The minimum absolute atomic E-state index is 0.0799. The summed E-state index contributed by atoms with van der Waals surface area (Å²) in [7, 11) is 0. The van der Waals surface area contributed by atoms with Gasteiger partial charge in [0.15, 0.2) is 12.2 Å². The van der Waals surface area contributed by atoms with Crippen molar-refractivity contribution >= 4 is 11.9 Å². The Labute approximate surface area is 351 Å². The van der Waals surface area contributed by atoms with Gasteiger partial charge in [-0.15, -0.1) is 0 Å². The molecule has 2 saturated carbocycles. The third kappa shape index (κ3) is 18.0. The summed E-state index contributed by atoms with van der Waals surface area (Å²) in [6.07, 6.45) is 24.0. The highest BCUT2D eigenvalue weighted by Crippen LogP contribution is 2.35. The lowest BCUT2D eigenvalue weighted by Gasteiger charge is -2.28. The van der Waals surface area contributed by atoms with Gasteiger partial charge in [0.2, 0.25) is 0 Å². The van der Waals surface area contributed by atoms with Crippen molar-refractivity contribution in [3.63, 3.8) is 0 Å². The van der Waals surface area contributed by atoms with E-state index in [4.69, 9.17) is 28.4 Å². The average molecular weight is 807 g/mol. The van der Waals surface area contributed by atoms with Crippen LogP contribution in [0.1, 0.15) is 167 Å². The zero-order valence-corrected chi connectivity index (χ0v) is 36.7. The number of rotatable bonds is 29. The molecule has 2 aromatic rings. The molecule has 0 spiro atoms. The number of carbonyl (C=O) groups excluding carboxylic acids is 2. The fraction of sp³-hybridized carbons (Fsp3) is 0.720. The maximum absolute atomic E-state index is 13.2. The first-order valence-corrected chi connectivity index (χ1v) is 23.4. The van der Waals surface area contributed by atoms with E-state index in [-0.39, 0.29) is 26.4 Å². The van der Waals surface area contributed by atoms with E-state index in [0.29, 0.717) is 13.2 Å². The van der Waals surface area contributed by atoms with Crippen LogP contribution in [0.4, 0.5) is 0 Å². The summed E-state index contributed by atoms with van der Waals surface area (Å²) in [6, 6.07) is 15.4. The van der Waals surface area contributed by atoms with Crippen LogP contribution in [0.2, 0.25) is 0 Å². The van der Waals surface area contributed by atoms with Crippen molar-refractivity contribution < 1.29 is 38.0 Å². The molecule has 2 aliphatic carbocycles. The summed E-state index contributed by atoms with van der Waals surface area (Å²) in [5, 5.41) is 0. The number of ether oxygens (including phenoxy) is 6. The molecule has 0 amide bonds. The predicted molar refractivity (Wildman–Crippen MR) is 232 cm³/mol. The Morgan fingerprint density at radius 1 is 0.483 bits per heavy atom. The molecule has 0 radical (unpaired) electrons. The molecule has 0 aliphatic heterocycles. The normalized spacial score (nSPS) is 20.6. The van der Waals surface area contributed by atoms with Crippen LogP contribution in [0.3, 0.4) is 0 Å². The Bertz CT molecular complexity index is 1260. The van der Waals surface area contributed by atoms with Crippen molar-refractivity contribution in [1.29, 1.82) is 0 Å². The monoisotopic (exact) mass is 807 g/mol. The molecule has 0 saturated heterocycles. The van der Waals surface area contributed by atoms with Gasteiger partial charge in [-0.3, -0.25) is 0 Å². The average Bonchev–Trinajstić information content (AvgIpc) is 3.24. The topological polar surface area (TPSA) is 89.5 Å². The molecule has 2 fully saturated rings. The van der Waals surface area contributed by atoms with E-state index in [0.717, 1.165) is 59.1 Å². The summed E-state index contributed by atoms with van der Waals surface area (Å²) >= 11 is 0. The largest absolute Gasteiger partial charge is 0.494 e. The highest BCUT2D eigenvalue weighted by molar-refractivity contribution is 5.85. The van der Waals surface area contributed by atoms with Gasteiger partial charge in [-0.25, -0.2) is 9.59 Å². The first-order valence-electron chi connectivity index (χ1n) is 23.4. The molecule has 0 bridgehead atoms. The maximum atomic E-state index is 13.2. The van der Waals surface area contributed by atoms with Crippen LogP contribution in [0.5, 0.6) is 11.5 Å². The van der Waals surface area contributed by atoms with Crippen LogP contribution in [0, 0.1) is 23.7 Å². The fourth-order valence-corrected chi connectivity index (χ4v) is 8.85. The molecule has 4 rings (SSSR count). The van der Waals surface area contributed by atoms with Gasteiger partial charge in [-0.05, 0) is 98.6 Å². The van der Waals surface area contributed by atoms with E-state index >= 15 is 0 Å². The van der Waals surface area contributed by atoms with Gasteiger partial charge in [0.25, 0.3) is 0 Å². The minimum atomic E-state index is -1.31. The van der Waals surface area contributed by atoms with Gasteiger partial charge < -0.3 is 28.4 Å². The zero-order valence-electron chi connectivity index (χ0n) is 36.7. The highest BCUT2D eigenvalue weighted by Gasteiger charge is 2.38. The highest BCUT2D eigenvalue weighted by atomic mass is 16.6. The molecule has 2 aliphatic rings. The second kappa shape index (κ2) is 28.4. The van der Waals surface area contributed by atoms with E-state index in [9.17, 15) is 9.59 Å². The van der Waals surface area contributed by atoms with Crippen LogP contribution in [-0.4, -0.2) is 50.6 Å². The number of carbonyl (C=O) groups is 2. The number of esters is 2. The van der Waals surface area contributed by atoms with Crippen LogP contribution < -0.4 is 9.47 Å². The molecular weight excluding hydrogens is 729 g/mol. The summed E-state index contributed by atoms with van der Waals surface area (Å²) in [5.74, 6) is 3.82. The van der Waals surface area contributed by atoms with Crippen molar-refractivity contribution in [2.75, 3.05) is 26.4 Å². The predicted octanol–water partition coefficient (Wildman–Crippen LogP) is 12.4. The van der Waals surface area contributed by atoms with E-state index in [1.165, 1.54) is 116 Å². The smallest absolute Gasteiger partial charge is 0.338 e. The van der Waals surface area contributed by atoms with Crippen LogP contribution >= 0.6 is 0 Å². The molecule has 58 heavy (non-hydrogen) atoms. The standard InChI is InChI=1S/C50H78O8/c1-5-9-11-15-39-19-23-41(24-20-39)17-13-35-55-45-31-27-43(28-32-45)37-57-47(49(51)53-7-3)48(50(52)54-8-4)58-38-44-29-33-46(34-30-44)56-36-14-18-42-25-21-40(22-26-42)16-12-10-6-2/h27-34,39-42,47-48H,5-26,35-38H2,1-4H3/t39-,40-,41-,42-,47-,48-/m1/s1. The molecule has 2 atom stereocenters. The molecule has 2 aromatic carbocycles. The second-order valence-electron chi connectivity index (χ2n) is 17.0. The van der Waals surface area contributed by atoms with E-state index in [1.807, 2.05) is 48.5 Å². The minimum Gasteiger partial charge on any atom is -0.494 e. The molecule has 0 unspecified atom stereocenters. The van der Waals surface area contributed by atoms with Crippen molar-refractivity contribution in [2.45, 2.75) is 182 Å². The third-order valence-electron chi connectivity index (χ3n) is 12.4. The van der Waals surface area contributed by atoms with Crippen LogP contribution in [-0.2, 0) is 41.8 Å². The van der Waals surface area contributed by atoms with Gasteiger partial charge in [0.1, 0.15) is 11.5 Å². The van der Waals surface area contributed by atoms with E-state index in [2.05, 4.69) is 13.8 Å².